The Kier molecular flexibility index (Phi) is 3.28. The van der Waals surface area contributed by atoms with Gasteiger partial charge in [0, 0.05) is 12.2 Å². The quantitative estimate of drug-likeness (QED) is 0.767. The van der Waals surface area contributed by atoms with Crippen molar-refractivity contribution in [2.24, 2.45) is 5.92 Å². The maximum absolute atomic E-state index is 11.0. The number of aryl methyl sites for hydroxylation is 2. The first kappa shape index (κ1) is 10.8. The van der Waals surface area contributed by atoms with Gasteiger partial charge in [0.15, 0.2) is 0 Å². The molecule has 0 aliphatic rings. The van der Waals surface area contributed by atoms with Crippen LogP contribution in [0.2, 0.25) is 0 Å². The van der Waals surface area contributed by atoms with Crippen LogP contribution in [0.1, 0.15) is 25.2 Å². The van der Waals surface area contributed by atoms with Crippen molar-refractivity contribution in [1.82, 2.24) is 9.97 Å². The summed E-state index contributed by atoms with van der Waals surface area (Å²) in [6.07, 6.45) is 0. The Morgan fingerprint density at radius 1 is 1.43 bits per heavy atom. The number of rotatable bonds is 3. The van der Waals surface area contributed by atoms with E-state index in [2.05, 4.69) is 29.1 Å². The molecule has 0 radical (unpaired) electrons. The van der Waals surface area contributed by atoms with Gasteiger partial charge in [-0.2, -0.15) is 4.98 Å². The van der Waals surface area contributed by atoms with E-state index in [-0.39, 0.29) is 5.69 Å². The van der Waals surface area contributed by atoms with E-state index in [0.29, 0.717) is 5.92 Å². The van der Waals surface area contributed by atoms with Crippen molar-refractivity contribution in [3.05, 3.63) is 21.9 Å². The van der Waals surface area contributed by atoms with Crippen LogP contribution in [-0.2, 0) is 0 Å². The Morgan fingerprint density at radius 3 is 2.57 bits per heavy atom. The van der Waals surface area contributed by atoms with Gasteiger partial charge in [-0.25, -0.2) is 4.79 Å². The normalized spacial score (nSPS) is 10.6. The van der Waals surface area contributed by atoms with E-state index in [4.69, 9.17) is 0 Å². The van der Waals surface area contributed by atoms with Crippen molar-refractivity contribution < 1.29 is 0 Å². The molecule has 1 aromatic heterocycles. The molecule has 0 unspecified atom stereocenters. The number of anilines is 1. The Balaban J connectivity index is 2.91. The number of nitrogens with zero attached hydrogens (tertiary/aromatic N) is 1. The fraction of sp³-hybridized carbons (Fsp3) is 0.600. The molecule has 4 nitrogen and oxygen atoms in total. The Morgan fingerprint density at radius 2 is 2.07 bits per heavy atom. The van der Waals surface area contributed by atoms with Gasteiger partial charge in [0.05, 0.1) is 11.4 Å². The van der Waals surface area contributed by atoms with Gasteiger partial charge in [-0.15, -0.1) is 0 Å². The molecule has 1 rings (SSSR count). The number of hydrogen-bond donors (Lipinski definition) is 2. The van der Waals surface area contributed by atoms with Crippen LogP contribution in [0.15, 0.2) is 4.79 Å². The van der Waals surface area contributed by atoms with Crippen LogP contribution in [0.4, 0.5) is 5.69 Å². The molecule has 0 aliphatic carbocycles. The molecule has 0 saturated heterocycles. The summed E-state index contributed by atoms with van der Waals surface area (Å²) in [6, 6.07) is 0. The van der Waals surface area contributed by atoms with Gasteiger partial charge < -0.3 is 10.3 Å². The molecule has 0 bridgehead atoms. The maximum Gasteiger partial charge on any atom is 0.345 e. The molecule has 0 aliphatic heterocycles. The molecule has 4 heteroatoms. The number of hydrogen-bond acceptors (Lipinski definition) is 3. The minimum absolute atomic E-state index is 0.282. The molecule has 2 N–H and O–H groups in total. The molecule has 0 amide bonds. The first-order valence-electron chi connectivity index (χ1n) is 4.82. The molecule has 0 aromatic carbocycles. The summed E-state index contributed by atoms with van der Waals surface area (Å²) >= 11 is 0. The number of nitrogens with one attached hydrogen (secondary N) is 2. The fourth-order valence-corrected chi connectivity index (χ4v) is 1.30. The van der Waals surface area contributed by atoms with E-state index in [9.17, 15) is 4.79 Å². The summed E-state index contributed by atoms with van der Waals surface area (Å²) in [5, 5.41) is 3.28. The van der Waals surface area contributed by atoms with E-state index >= 15 is 0 Å². The van der Waals surface area contributed by atoms with Crippen LogP contribution in [0, 0.1) is 19.8 Å². The summed E-state index contributed by atoms with van der Waals surface area (Å²) < 4.78 is 0. The highest BCUT2D eigenvalue weighted by molar-refractivity contribution is 5.50. The van der Waals surface area contributed by atoms with Gasteiger partial charge >= 0.3 is 5.69 Å². The predicted molar refractivity (Wildman–Crippen MR) is 57.7 cm³/mol. The Hall–Kier alpha value is -1.32. The average molecular weight is 195 g/mol. The highest BCUT2D eigenvalue weighted by Crippen LogP contribution is 2.13. The predicted octanol–water partition coefficient (Wildman–Crippen LogP) is 1.45. The average Bonchev–Trinajstić information content (AvgIpc) is 2.01. The van der Waals surface area contributed by atoms with E-state index < -0.39 is 0 Å². The molecule has 0 spiro atoms. The van der Waals surface area contributed by atoms with Crippen molar-refractivity contribution in [3.8, 4) is 0 Å². The van der Waals surface area contributed by atoms with Crippen molar-refractivity contribution in [1.29, 1.82) is 0 Å². The van der Waals surface area contributed by atoms with Crippen molar-refractivity contribution in [2.45, 2.75) is 27.7 Å². The first-order chi connectivity index (χ1) is 6.50. The second-order valence-corrected chi connectivity index (χ2v) is 3.90. The van der Waals surface area contributed by atoms with Gasteiger partial charge in [-0.05, 0) is 19.8 Å². The van der Waals surface area contributed by atoms with Crippen LogP contribution in [-0.4, -0.2) is 16.5 Å². The third-order valence-corrected chi connectivity index (χ3v) is 1.99. The lowest BCUT2D eigenvalue weighted by atomic mass is 10.2. The molecule has 0 fully saturated rings. The summed E-state index contributed by atoms with van der Waals surface area (Å²) in [6.45, 7) is 8.87. The fourth-order valence-electron chi connectivity index (χ4n) is 1.30. The standard InChI is InChI=1S/C10H17N3O/c1-6(2)5-11-9-7(3)12-10(14)13-8(9)4/h6,11H,5H2,1-4H3,(H,12,13,14). The summed E-state index contributed by atoms with van der Waals surface area (Å²) in [5.74, 6) is 0.570. The highest BCUT2D eigenvalue weighted by Gasteiger charge is 2.05. The van der Waals surface area contributed by atoms with Gasteiger partial charge in [-0.3, -0.25) is 0 Å². The van der Waals surface area contributed by atoms with Gasteiger partial charge in [0.1, 0.15) is 0 Å². The molecular formula is C10H17N3O. The largest absolute Gasteiger partial charge is 0.382 e. The van der Waals surface area contributed by atoms with Crippen LogP contribution in [0.5, 0.6) is 0 Å². The van der Waals surface area contributed by atoms with Crippen LogP contribution in [0.3, 0.4) is 0 Å². The molecule has 0 atom stereocenters. The zero-order valence-corrected chi connectivity index (χ0v) is 9.14. The topological polar surface area (TPSA) is 57.8 Å². The number of H-pyrrole nitrogens is 1. The third-order valence-electron chi connectivity index (χ3n) is 1.99. The van der Waals surface area contributed by atoms with Gasteiger partial charge in [0.2, 0.25) is 0 Å². The summed E-state index contributed by atoms with van der Waals surface area (Å²) in [7, 11) is 0. The Labute approximate surface area is 83.8 Å². The minimum atomic E-state index is -0.282. The first-order valence-corrected chi connectivity index (χ1v) is 4.82. The molecule has 14 heavy (non-hydrogen) atoms. The van der Waals surface area contributed by atoms with Crippen molar-refractivity contribution in [3.63, 3.8) is 0 Å². The summed E-state index contributed by atoms with van der Waals surface area (Å²) in [4.78, 5) is 17.5. The SMILES string of the molecule is Cc1nc(=O)[nH]c(C)c1NCC(C)C. The Bertz CT molecular complexity index is 342. The number of aromatic nitrogens is 2. The van der Waals surface area contributed by atoms with Crippen LogP contribution < -0.4 is 11.0 Å². The smallest absolute Gasteiger partial charge is 0.345 e. The van der Waals surface area contributed by atoms with E-state index in [1.54, 1.807) is 0 Å². The second-order valence-electron chi connectivity index (χ2n) is 3.90. The lowest BCUT2D eigenvalue weighted by Crippen LogP contribution is -2.18. The number of aromatic amines is 1. The third kappa shape index (κ3) is 2.58. The zero-order valence-electron chi connectivity index (χ0n) is 9.14. The second kappa shape index (κ2) is 4.26. The molecule has 1 aromatic rings. The lowest BCUT2D eigenvalue weighted by molar-refractivity contribution is 0.687. The van der Waals surface area contributed by atoms with Crippen LogP contribution in [0.25, 0.3) is 0 Å². The highest BCUT2D eigenvalue weighted by atomic mass is 16.1. The van der Waals surface area contributed by atoms with Crippen LogP contribution >= 0.6 is 0 Å². The van der Waals surface area contributed by atoms with E-state index in [1.165, 1.54) is 0 Å². The minimum Gasteiger partial charge on any atom is -0.382 e. The monoisotopic (exact) mass is 195 g/mol. The van der Waals surface area contributed by atoms with E-state index in [1.807, 2.05) is 13.8 Å². The van der Waals surface area contributed by atoms with Crippen molar-refractivity contribution in [2.75, 3.05) is 11.9 Å². The maximum atomic E-state index is 11.0. The lowest BCUT2D eigenvalue weighted by Gasteiger charge is -2.12. The molecule has 0 saturated carbocycles. The van der Waals surface area contributed by atoms with Gasteiger partial charge in [0.25, 0.3) is 0 Å². The molecule has 78 valence electrons. The molecule has 1 heterocycles. The molecular weight excluding hydrogens is 178 g/mol. The van der Waals surface area contributed by atoms with Crippen molar-refractivity contribution >= 4 is 5.69 Å². The summed E-state index contributed by atoms with van der Waals surface area (Å²) in [5.41, 5.74) is 2.27. The zero-order chi connectivity index (χ0) is 10.7. The van der Waals surface area contributed by atoms with E-state index in [0.717, 1.165) is 23.6 Å². The van der Waals surface area contributed by atoms with Gasteiger partial charge in [-0.1, -0.05) is 13.8 Å².